The highest BCUT2D eigenvalue weighted by Crippen LogP contribution is 2.15. The molecule has 0 bridgehead atoms. The van der Waals surface area contributed by atoms with Crippen molar-refractivity contribution in [1.29, 1.82) is 0 Å². The van der Waals surface area contributed by atoms with Crippen molar-refractivity contribution in [2.24, 2.45) is 0 Å². The lowest BCUT2D eigenvalue weighted by Gasteiger charge is -2.04. The van der Waals surface area contributed by atoms with Gasteiger partial charge in [-0.05, 0) is 25.7 Å². The minimum atomic E-state index is 1.15. The molecule has 0 radical (unpaired) electrons. The highest BCUT2D eigenvalue weighted by atomic mass is 14.0. The van der Waals surface area contributed by atoms with Crippen molar-refractivity contribution >= 4 is 0 Å². The number of rotatable bonds is 3. The van der Waals surface area contributed by atoms with E-state index in [9.17, 15) is 0 Å². The predicted molar refractivity (Wildman–Crippen MR) is 50.5 cm³/mol. The van der Waals surface area contributed by atoms with Crippen LogP contribution in [-0.4, -0.2) is 0 Å². The van der Waals surface area contributed by atoms with Crippen LogP contribution in [0.15, 0.2) is 36.0 Å². The van der Waals surface area contributed by atoms with Crippen molar-refractivity contribution in [2.75, 3.05) is 0 Å². The van der Waals surface area contributed by atoms with E-state index >= 15 is 0 Å². The molecule has 0 aromatic carbocycles. The third-order valence-corrected chi connectivity index (χ3v) is 1.88. The van der Waals surface area contributed by atoms with E-state index in [-0.39, 0.29) is 0 Å². The first-order chi connectivity index (χ1) is 5.43. The molecule has 0 nitrogen and oxygen atoms in total. The average Bonchev–Trinajstić information content (AvgIpc) is 2.07. The third kappa shape index (κ3) is 3.22. The zero-order chi connectivity index (χ0) is 7.94. The van der Waals surface area contributed by atoms with Crippen molar-refractivity contribution in [3.63, 3.8) is 0 Å². The Morgan fingerprint density at radius 3 is 3.00 bits per heavy atom. The SMILES string of the molecule is CC/C=C/CC1=CC=CCC1. The van der Waals surface area contributed by atoms with E-state index in [0.717, 1.165) is 12.8 Å². The summed E-state index contributed by atoms with van der Waals surface area (Å²) in [5, 5.41) is 0. The molecule has 0 aromatic rings. The number of allylic oxidation sites excluding steroid dienone is 6. The van der Waals surface area contributed by atoms with Gasteiger partial charge < -0.3 is 0 Å². The van der Waals surface area contributed by atoms with Crippen LogP contribution in [0, 0.1) is 0 Å². The average molecular weight is 148 g/mol. The second-order valence-electron chi connectivity index (χ2n) is 2.88. The molecule has 0 fully saturated rings. The maximum atomic E-state index is 2.27. The monoisotopic (exact) mass is 148 g/mol. The summed E-state index contributed by atoms with van der Waals surface area (Å²) in [6, 6.07) is 0. The Morgan fingerprint density at radius 1 is 1.45 bits per heavy atom. The van der Waals surface area contributed by atoms with Gasteiger partial charge in [0.2, 0.25) is 0 Å². The predicted octanol–water partition coefficient (Wildman–Crippen LogP) is 3.62. The Bertz CT molecular complexity index is 182. The summed E-state index contributed by atoms with van der Waals surface area (Å²) in [6.45, 7) is 2.17. The Hall–Kier alpha value is -0.780. The molecule has 11 heavy (non-hydrogen) atoms. The first-order valence-electron chi connectivity index (χ1n) is 4.43. The van der Waals surface area contributed by atoms with Crippen LogP contribution >= 0.6 is 0 Å². The molecule has 60 valence electrons. The molecule has 0 spiro atoms. The second-order valence-corrected chi connectivity index (χ2v) is 2.88. The van der Waals surface area contributed by atoms with Gasteiger partial charge in [0, 0.05) is 0 Å². The van der Waals surface area contributed by atoms with Gasteiger partial charge in [0.05, 0.1) is 0 Å². The highest BCUT2D eigenvalue weighted by Gasteiger charge is 1.95. The molecule has 0 atom stereocenters. The standard InChI is InChI=1S/C11H16/c1-2-3-5-8-11-9-6-4-7-10-11/h3-6,9H,2,7-8,10H2,1H3/b5-3+. The van der Waals surface area contributed by atoms with Crippen molar-refractivity contribution in [3.8, 4) is 0 Å². The number of hydrogen-bond acceptors (Lipinski definition) is 0. The first kappa shape index (κ1) is 8.32. The van der Waals surface area contributed by atoms with E-state index in [1.807, 2.05) is 0 Å². The smallest absolute Gasteiger partial charge is 0.0136 e. The fourth-order valence-corrected chi connectivity index (χ4v) is 1.22. The highest BCUT2D eigenvalue weighted by molar-refractivity contribution is 5.19. The van der Waals surface area contributed by atoms with Crippen molar-refractivity contribution in [2.45, 2.75) is 32.6 Å². The molecule has 0 saturated carbocycles. The lowest BCUT2D eigenvalue weighted by Crippen LogP contribution is -1.84. The van der Waals surface area contributed by atoms with E-state index in [4.69, 9.17) is 0 Å². The molecule has 1 aliphatic rings. The van der Waals surface area contributed by atoms with Crippen LogP contribution in [0.2, 0.25) is 0 Å². The van der Waals surface area contributed by atoms with Crippen LogP contribution in [-0.2, 0) is 0 Å². The van der Waals surface area contributed by atoms with Crippen LogP contribution in [0.5, 0.6) is 0 Å². The summed E-state index contributed by atoms with van der Waals surface area (Å²) in [4.78, 5) is 0. The van der Waals surface area contributed by atoms with Gasteiger partial charge in [-0.1, -0.05) is 42.9 Å². The van der Waals surface area contributed by atoms with Crippen LogP contribution in [0.3, 0.4) is 0 Å². The van der Waals surface area contributed by atoms with E-state index in [1.54, 1.807) is 5.57 Å². The maximum absolute atomic E-state index is 2.27. The molecule has 1 aliphatic carbocycles. The van der Waals surface area contributed by atoms with E-state index < -0.39 is 0 Å². The van der Waals surface area contributed by atoms with Crippen molar-refractivity contribution in [3.05, 3.63) is 36.0 Å². The third-order valence-electron chi connectivity index (χ3n) is 1.88. The fourth-order valence-electron chi connectivity index (χ4n) is 1.22. The Balaban J connectivity index is 2.30. The lowest BCUT2D eigenvalue weighted by atomic mass is 10.0. The van der Waals surface area contributed by atoms with Crippen molar-refractivity contribution in [1.82, 2.24) is 0 Å². The van der Waals surface area contributed by atoms with Gasteiger partial charge in [-0.25, -0.2) is 0 Å². The molecule has 0 aliphatic heterocycles. The zero-order valence-electron chi connectivity index (χ0n) is 7.22. The maximum Gasteiger partial charge on any atom is -0.0136 e. The molecule has 0 heterocycles. The molecule has 0 unspecified atom stereocenters. The summed E-state index contributed by atoms with van der Waals surface area (Å²) in [7, 11) is 0. The fraction of sp³-hybridized carbons (Fsp3) is 0.455. The quantitative estimate of drug-likeness (QED) is 0.536. The van der Waals surface area contributed by atoms with Gasteiger partial charge in [-0.3, -0.25) is 0 Å². The van der Waals surface area contributed by atoms with Crippen molar-refractivity contribution < 1.29 is 0 Å². The summed E-state index contributed by atoms with van der Waals surface area (Å²) in [6.07, 6.45) is 15.9. The molecular formula is C11H16. The van der Waals surface area contributed by atoms with Crippen LogP contribution in [0.4, 0.5) is 0 Å². The van der Waals surface area contributed by atoms with E-state index in [1.165, 1.54) is 12.8 Å². The Labute approximate surface area is 69.3 Å². The van der Waals surface area contributed by atoms with Crippen LogP contribution in [0.25, 0.3) is 0 Å². The van der Waals surface area contributed by atoms with Gasteiger partial charge in [0.15, 0.2) is 0 Å². The van der Waals surface area contributed by atoms with Gasteiger partial charge in [-0.2, -0.15) is 0 Å². The Kier molecular flexibility index (Phi) is 3.74. The van der Waals surface area contributed by atoms with Crippen LogP contribution < -0.4 is 0 Å². The van der Waals surface area contributed by atoms with Gasteiger partial charge in [0.25, 0.3) is 0 Å². The summed E-state index contributed by atoms with van der Waals surface area (Å²) in [5.74, 6) is 0. The Morgan fingerprint density at radius 2 is 2.36 bits per heavy atom. The largest absolute Gasteiger partial charge is 0.0885 e. The zero-order valence-corrected chi connectivity index (χ0v) is 7.22. The van der Waals surface area contributed by atoms with Gasteiger partial charge >= 0.3 is 0 Å². The summed E-state index contributed by atoms with van der Waals surface area (Å²) >= 11 is 0. The topological polar surface area (TPSA) is 0 Å². The van der Waals surface area contributed by atoms with Gasteiger partial charge in [-0.15, -0.1) is 0 Å². The summed E-state index contributed by atoms with van der Waals surface area (Å²) < 4.78 is 0. The lowest BCUT2D eigenvalue weighted by molar-refractivity contribution is 0.923. The number of hydrogen-bond donors (Lipinski definition) is 0. The minimum Gasteiger partial charge on any atom is -0.0885 e. The molecule has 0 N–H and O–H groups in total. The summed E-state index contributed by atoms with van der Waals surface area (Å²) in [5.41, 5.74) is 1.57. The molecule has 0 saturated heterocycles. The molecular weight excluding hydrogens is 132 g/mol. The first-order valence-corrected chi connectivity index (χ1v) is 4.43. The van der Waals surface area contributed by atoms with Gasteiger partial charge in [0.1, 0.15) is 0 Å². The molecule has 0 heteroatoms. The van der Waals surface area contributed by atoms with Crippen LogP contribution in [0.1, 0.15) is 32.6 Å². The second kappa shape index (κ2) is 4.95. The normalized spacial score (nSPS) is 17.4. The molecule has 1 rings (SSSR count). The minimum absolute atomic E-state index is 1.15. The van der Waals surface area contributed by atoms with E-state index in [2.05, 4.69) is 37.3 Å². The molecule has 0 amide bonds. The van der Waals surface area contributed by atoms with E-state index in [0.29, 0.717) is 0 Å². The molecule has 0 aromatic heterocycles.